The number of carbonyl (C=O) groups excluding carboxylic acids is 2. The topological polar surface area (TPSA) is 70.7 Å². The molecule has 0 fully saturated rings. The number of rotatable bonds is 3. The average molecular weight is 381 g/mol. The van der Waals surface area contributed by atoms with E-state index in [0.29, 0.717) is 17.1 Å². The standard InChI is InChI=1S/C22H27N3O3/c1-14(16-9-7-6-8-10-16)25-18-12-11-17(23-21(27)24-22(3,4)5)13-19(18)28-15(2)20(25)26/h6-15H,1-5H3,(H2,23,24,27)/t14-,15-/m1/s1. The summed E-state index contributed by atoms with van der Waals surface area (Å²) in [6.45, 7) is 9.48. The van der Waals surface area contributed by atoms with Crippen LogP contribution in [0.15, 0.2) is 48.5 Å². The van der Waals surface area contributed by atoms with Crippen molar-refractivity contribution in [1.29, 1.82) is 0 Å². The van der Waals surface area contributed by atoms with Gasteiger partial charge in [0.15, 0.2) is 6.10 Å². The van der Waals surface area contributed by atoms with E-state index in [4.69, 9.17) is 4.74 Å². The van der Waals surface area contributed by atoms with Gasteiger partial charge in [0, 0.05) is 17.3 Å². The summed E-state index contributed by atoms with van der Waals surface area (Å²) >= 11 is 0. The maximum absolute atomic E-state index is 12.8. The van der Waals surface area contributed by atoms with Crippen molar-refractivity contribution in [3.63, 3.8) is 0 Å². The maximum Gasteiger partial charge on any atom is 0.319 e. The van der Waals surface area contributed by atoms with Gasteiger partial charge in [-0.3, -0.25) is 9.69 Å². The second-order valence-corrected chi connectivity index (χ2v) is 8.07. The quantitative estimate of drug-likeness (QED) is 0.823. The van der Waals surface area contributed by atoms with Crippen LogP contribution in [0.3, 0.4) is 0 Å². The number of anilines is 2. The van der Waals surface area contributed by atoms with E-state index in [1.807, 2.05) is 64.1 Å². The second-order valence-electron chi connectivity index (χ2n) is 8.07. The van der Waals surface area contributed by atoms with E-state index in [9.17, 15) is 9.59 Å². The Morgan fingerprint density at radius 2 is 1.82 bits per heavy atom. The van der Waals surface area contributed by atoms with E-state index in [1.165, 1.54) is 0 Å². The van der Waals surface area contributed by atoms with E-state index >= 15 is 0 Å². The van der Waals surface area contributed by atoms with Crippen molar-refractivity contribution in [3.05, 3.63) is 54.1 Å². The molecule has 3 amide bonds. The summed E-state index contributed by atoms with van der Waals surface area (Å²) < 4.78 is 5.82. The van der Waals surface area contributed by atoms with Crippen LogP contribution in [0.5, 0.6) is 5.75 Å². The second kappa shape index (κ2) is 7.54. The highest BCUT2D eigenvalue weighted by atomic mass is 16.5. The predicted molar refractivity (Wildman–Crippen MR) is 111 cm³/mol. The Hall–Kier alpha value is -3.02. The van der Waals surface area contributed by atoms with Gasteiger partial charge in [-0.2, -0.15) is 0 Å². The Labute approximate surface area is 165 Å². The number of urea groups is 1. The molecule has 0 bridgehead atoms. The van der Waals surface area contributed by atoms with Gasteiger partial charge in [-0.05, 0) is 52.3 Å². The normalized spacial score (nSPS) is 17.4. The van der Waals surface area contributed by atoms with Crippen LogP contribution in [-0.2, 0) is 4.79 Å². The summed E-state index contributed by atoms with van der Waals surface area (Å²) in [6, 6.07) is 14.8. The Morgan fingerprint density at radius 1 is 1.14 bits per heavy atom. The monoisotopic (exact) mass is 381 g/mol. The van der Waals surface area contributed by atoms with Crippen molar-refractivity contribution >= 4 is 23.3 Å². The Balaban J connectivity index is 1.89. The fourth-order valence-electron chi connectivity index (χ4n) is 3.22. The minimum atomic E-state index is -0.600. The van der Waals surface area contributed by atoms with Gasteiger partial charge in [0.05, 0.1) is 11.7 Å². The summed E-state index contributed by atoms with van der Waals surface area (Å²) in [6.07, 6.45) is -0.600. The van der Waals surface area contributed by atoms with Crippen molar-refractivity contribution in [1.82, 2.24) is 5.32 Å². The maximum atomic E-state index is 12.8. The highest BCUT2D eigenvalue weighted by Gasteiger charge is 2.35. The van der Waals surface area contributed by atoms with Crippen molar-refractivity contribution in [2.75, 3.05) is 10.2 Å². The molecule has 3 rings (SSSR count). The zero-order valence-electron chi connectivity index (χ0n) is 16.9. The highest BCUT2D eigenvalue weighted by Crippen LogP contribution is 2.40. The third-order valence-electron chi connectivity index (χ3n) is 4.52. The van der Waals surface area contributed by atoms with E-state index in [2.05, 4.69) is 10.6 Å². The van der Waals surface area contributed by atoms with Crippen molar-refractivity contribution in [2.45, 2.75) is 52.3 Å². The first-order chi connectivity index (χ1) is 13.2. The Morgan fingerprint density at radius 3 is 2.46 bits per heavy atom. The number of hydrogen-bond acceptors (Lipinski definition) is 3. The van der Waals surface area contributed by atoms with Crippen molar-refractivity contribution in [3.8, 4) is 5.75 Å². The SMILES string of the molecule is C[C@H](c1ccccc1)N1C(=O)[C@@H](C)Oc2cc(NC(=O)NC(C)(C)C)ccc21. The number of fused-ring (bicyclic) bond motifs is 1. The van der Waals surface area contributed by atoms with Gasteiger partial charge >= 0.3 is 6.03 Å². The van der Waals surface area contributed by atoms with Crippen LogP contribution in [0.1, 0.15) is 46.2 Å². The summed E-state index contributed by atoms with van der Waals surface area (Å²) in [4.78, 5) is 26.7. The molecule has 28 heavy (non-hydrogen) atoms. The molecular formula is C22H27N3O3. The van der Waals surface area contributed by atoms with Gasteiger partial charge in [-0.15, -0.1) is 0 Å². The van der Waals surface area contributed by atoms with E-state index in [0.717, 1.165) is 5.56 Å². The number of benzene rings is 2. The number of ether oxygens (including phenoxy) is 1. The first-order valence-electron chi connectivity index (χ1n) is 9.43. The number of nitrogens with one attached hydrogen (secondary N) is 2. The molecule has 0 saturated carbocycles. The van der Waals surface area contributed by atoms with Crippen LogP contribution in [0.2, 0.25) is 0 Å². The molecule has 0 radical (unpaired) electrons. The molecule has 0 unspecified atom stereocenters. The zero-order valence-corrected chi connectivity index (χ0v) is 16.9. The number of nitrogens with zero attached hydrogens (tertiary/aromatic N) is 1. The van der Waals surface area contributed by atoms with Crippen molar-refractivity contribution in [2.24, 2.45) is 0 Å². The van der Waals surface area contributed by atoms with Gasteiger partial charge in [-0.1, -0.05) is 30.3 Å². The molecule has 6 heteroatoms. The third kappa shape index (κ3) is 4.27. The van der Waals surface area contributed by atoms with Gasteiger partial charge in [0.1, 0.15) is 5.75 Å². The molecule has 148 valence electrons. The van der Waals surface area contributed by atoms with Crippen LogP contribution >= 0.6 is 0 Å². The number of amides is 3. The summed E-state index contributed by atoms with van der Waals surface area (Å²) in [5.74, 6) is 0.485. The molecule has 2 N–H and O–H groups in total. The Bertz CT molecular complexity index is 874. The van der Waals surface area contributed by atoms with Crippen LogP contribution in [0.25, 0.3) is 0 Å². The molecule has 1 aliphatic rings. The average Bonchev–Trinajstić information content (AvgIpc) is 2.61. The molecule has 0 spiro atoms. The van der Waals surface area contributed by atoms with Crippen molar-refractivity contribution < 1.29 is 14.3 Å². The van der Waals surface area contributed by atoms with Crippen LogP contribution in [-0.4, -0.2) is 23.6 Å². The van der Waals surface area contributed by atoms with E-state index in [1.54, 1.807) is 24.0 Å². The third-order valence-corrected chi connectivity index (χ3v) is 4.52. The lowest BCUT2D eigenvalue weighted by molar-refractivity contribution is -0.126. The zero-order chi connectivity index (χ0) is 20.5. The molecule has 1 heterocycles. The largest absolute Gasteiger partial charge is 0.479 e. The molecule has 6 nitrogen and oxygen atoms in total. The van der Waals surface area contributed by atoms with Gasteiger partial charge in [0.2, 0.25) is 0 Å². The molecule has 0 aliphatic carbocycles. The first-order valence-corrected chi connectivity index (χ1v) is 9.43. The molecule has 1 aliphatic heterocycles. The minimum Gasteiger partial charge on any atom is -0.479 e. The lowest BCUT2D eigenvalue weighted by Gasteiger charge is -2.37. The van der Waals surface area contributed by atoms with Crippen LogP contribution < -0.4 is 20.3 Å². The summed E-state index contributed by atoms with van der Waals surface area (Å²) in [5, 5.41) is 5.67. The van der Waals surface area contributed by atoms with Gasteiger partial charge in [-0.25, -0.2) is 4.79 Å². The van der Waals surface area contributed by atoms with Crippen LogP contribution in [0, 0.1) is 0 Å². The highest BCUT2D eigenvalue weighted by molar-refractivity contribution is 6.01. The number of hydrogen-bond donors (Lipinski definition) is 2. The Kier molecular flexibility index (Phi) is 5.31. The molecule has 0 aromatic heterocycles. The fourth-order valence-corrected chi connectivity index (χ4v) is 3.22. The minimum absolute atomic E-state index is 0.0879. The van der Waals surface area contributed by atoms with Gasteiger partial charge < -0.3 is 15.4 Å². The lowest BCUT2D eigenvalue weighted by Crippen LogP contribution is -2.45. The van der Waals surface area contributed by atoms with Crippen LogP contribution in [0.4, 0.5) is 16.2 Å². The number of carbonyl (C=O) groups is 2. The van der Waals surface area contributed by atoms with Gasteiger partial charge in [0.25, 0.3) is 5.91 Å². The molecule has 2 atom stereocenters. The smallest absolute Gasteiger partial charge is 0.319 e. The predicted octanol–water partition coefficient (Wildman–Crippen LogP) is 4.48. The summed E-state index contributed by atoms with van der Waals surface area (Å²) in [7, 11) is 0. The molecular weight excluding hydrogens is 354 g/mol. The fraction of sp³-hybridized carbons (Fsp3) is 0.364. The molecule has 2 aromatic rings. The molecule has 0 saturated heterocycles. The first kappa shape index (κ1) is 19.7. The van der Waals surface area contributed by atoms with E-state index < -0.39 is 6.10 Å². The summed E-state index contributed by atoms with van der Waals surface area (Å²) in [5.41, 5.74) is 2.01. The van der Waals surface area contributed by atoms with E-state index in [-0.39, 0.29) is 23.5 Å². The lowest BCUT2D eigenvalue weighted by atomic mass is 10.0. The molecule has 2 aromatic carbocycles.